The Kier molecular flexibility index (Phi) is 6.87. The van der Waals surface area contributed by atoms with Crippen LogP contribution in [0.1, 0.15) is 33.6 Å². The molecule has 6 heteroatoms. The van der Waals surface area contributed by atoms with Crippen molar-refractivity contribution in [2.45, 2.75) is 33.6 Å². The molecule has 0 radical (unpaired) electrons. The number of nitrogens with one attached hydrogen (secondary N) is 1. The van der Waals surface area contributed by atoms with Gasteiger partial charge in [0.15, 0.2) is 5.12 Å². The molecule has 0 unspecified atom stereocenters. The standard InChI is InChI=1S/C11H19NO4S/c1-11(2,3)10(16)12-6-7-17-9(15)5-4-8(13)14/h4-7H2,1-3H3,(H,12,16)(H,13,14). The number of carbonyl (C=O) groups is 3. The number of carboxylic acids is 1. The van der Waals surface area contributed by atoms with Crippen LogP contribution < -0.4 is 5.32 Å². The molecule has 2 N–H and O–H groups in total. The average molecular weight is 261 g/mol. The molecule has 0 heterocycles. The van der Waals surface area contributed by atoms with E-state index in [1.165, 1.54) is 0 Å². The van der Waals surface area contributed by atoms with Crippen LogP contribution in [0.15, 0.2) is 0 Å². The van der Waals surface area contributed by atoms with E-state index in [1.54, 1.807) is 0 Å². The minimum absolute atomic E-state index is 0.0349. The lowest BCUT2D eigenvalue weighted by Crippen LogP contribution is -2.36. The van der Waals surface area contributed by atoms with Gasteiger partial charge in [0.2, 0.25) is 5.91 Å². The number of aliphatic carboxylic acids is 1. The van der Waals surface area contributed by atoms with Crippen LogP contribution in [0.3, 0.4) is 0 Å². The summed E-state index contributed by atoms with van der Waals surface area (Å²) >= 11 is 1.05. The zero-order chi connectivity index (χ0) is 13.5. The van der Waals surface area contributed by atoms with Gasteiger partial charge in [0.1, 0.15) is 0 Å². The maximum absolute atomic E-state index is 11.4. The topological polar surface area (TPSA) is 83.5 Å². The van der Waals surface area contributed by atoms with E-state index in [4.69, 9.17) is 5.11 Å². The van der Waals surface area contributed by atoms with Gasteiger partial charge >= 0.3 is 5.97 Å². The minimum Gasteiger partial charge on any atom is -0.481 e. The van der Waals surface area contributed by atoms with Crippen LogP contribution in [-0.4, -0.2) is 34.4 Å². The van der Waals surface area contributed by atoms with Gasteiger partial charge in [-0.25, -0.2) is 0 Å². The summed E-state index contributed by atoms with van der Waals surface area (Å²) in [7, 11) is 0. The first-order valence-electron chi connectivity index (χ1n) is 5.39. The van der Waals surface area contributed by atoms with Crippen LogP contribution in [0.4, 0.5) is 0 Å². The molecule has 0 spiro atoms. The van der Waals surface area contributed by atoms with Gasteiger partial charge in [-0.05, 0) is 0 Å². The lowest BCUT2D eigenvalue weighted by atomic mass is 9.96. The van der Waals surface area contributed by atoms with Gasteiger partial charge < -0.3 is 10.4 Å². The Hall–Kier alpha value is -1.04. The molecule has 98 valence electrons. The van der Waals surface area contributed by atoms with Gasteiger partial charge in [0.05, 0.1) is 6.42 Å². The molecule has 0 saturated carbocycles. The summed E-state index contributed by atoms with van der Waals surface area (Å²) in [6.45, 7) is 5.86. The quantitative estimate of drug-likeness (QED) is 0.704. The molecular formula is C11H19NO4S. The second-order valence-electron chi connectivity index (χ2n) is 4.62. The first kappa shape index (κ1) is 16.0. The number of amides is 1. The van der Waals surface area contributed by atoms with Crippen LogP contribution in [-0.2, 0) is 14.4 Å². The van der Waals surface area contributed by atoms with Crippen molar-refractivity contribution in [1.82, 2.24) is 5.32 Å². The largest absolute Gasteiger partial charge is 0.481 e. The zero-order valence-corrected chi connectivity index (χ0v) is 11.2. The molecule has 0 aromatic rings. The summed E-state index contributed by atoms with van der Waals surface area (Å²) < 4.78 is 0. The zero-order valence-electron chi connectivity index (χ0n) is 10.4. The van der Waals surface area contributed by atoms with Crippen LogP contribution in [0.25, 0.3) is 0 Å². The van der Waals surface area contributed by atoms with Crippen molar-refractivity contribution in [1.29, 1.82) is 0 Å². The Balaban J connectivity index is 3.62. The van der Waals surface area contributed by atoms with E-state index in [0.29, 0.717) is 12.3 Å². The fourth-order valence-corrected chi connectivity index (χ4v) is 1.55. The number of carboxylic acid groups (broad SMARTS) is 1. The lowest BCUT2D eigenvalue weighted by Gasteiger charge is -2.17. The van der Waals surface area contributed by atoms with E-state index in [2.05, 4.69) is 5.32 Å². The van der Waals surface area contributed by atoms with Gasteiger partial charge in [-0.15, -0.1) is 0 Å². The molecule has 5 nitrogen and oxygen atoms in total. The van der Waals surface area contributed by atoms with Crippen molar-refractivity contribution in [2.75, 3.05) is 12.3 Å². The predicted molar refractivity (Wildman–Crippen MR) is 66.8 cm³/mol. The summed E-state index contributed by atoms with van der Waals surface area (Å²) in [6.07, 6.45) is -0.104. The van der Waals surface area contributed by atoms with Crippen molar-refractivity contribution < 1.29 is 19.5 Å². The summed E-state index contributed by atoms with van der Waals surface area (Å²) in [4.78, 5) is 32.8. The third kappa shape index (κ3) is 8.74. The SMILES string of the molecule is CC(C)(C)C(=O)NCCSC(=O)CCC(=O)O. The van der Waals surface area contributed by atoms with Crippen molar-refractivity contribution in [3.05, 3.63) is 0 Å². The summed E-state index contributed by atoms with van der Waals surface area (Å²) in [6, 6.07) is 0. The summed E-state index contributed by atoms with van der Waals surface area (Å²) in [5, 5.41) is 10.9. The average Bonchev–Trinajstić information content (AvgIpc) is 2.19. The molecule has 0 aromatic carbocycles. The van der Waals surface area contributed by atoms with Crippen molar-refractivity contribution in [3.8, 4) is 0 Å². The monoisotopic (exact) mass is 261 g/mol. The molecule has 17 heavy (non-hydrogen) atoms. The maximum atomic E-state index is 11.4. The molecule has 0 aliphatic carbocycles. The van der Waals surface area contributed by atoms with E-state index in [-0.39, 0.29) is 23.9 Å². The Bertz CT molecular complexity index is 296. The van der Waals surface area contributed by atoms with Gasteiger partial charge in [-0.3, -0.25) is 14.4 Å². The third-order valence-corrected chi connectivity index (χ3v) is 2.81. The molecule has 0 bridgehead atoms. The van der Waals surface area contributed by atoms with Crippen LogP contribution >= 0.6 is 11.8 Å². The highest BCUT2D eigenvalue weighted by Crippen LogP contribution is 2.12. The van der Waals surface area contributed by atoms with Gasteiger partial charge in [0.25, 0.3) is 0 Å². The van der Waals surface area contributed by atoms with Crippen molar-refractivity contribution >= 4 is 28.8 Å². The highest BCUT2D eigenvalue weighted by molar-refractivity contribution is 8.13. The molecular weight excluding hydrogens is 242 g/mol. The molecule has 1 amide bonds. The Labute approximate surface area is 105 Å². The second-order valence-corrected chi connectivity index (χ2v) is 5.77. The maximum Gasteiger partial charge on any atom is 0.303 e. The van der Waals surface area contributed by atoms with Crippen LogP contribution in [0.2, 0.25) is 0 Å². The molecule has 0 saturated heterocycles. The molecule has 0 aliphatic heterocycles. The summed E-state index contributed by atoms with van der Waals surface area (Å²) in [5.74, 6) is -0.559. The van der Waals surface area contributed by atoms with E-state index in [0.717, 1.165) is 11.8 Å². The van der Waals surface area contributed by atoms with Crippen LogP contribution in [0.5, 0.6) is 0 Å². The van der Waals surface area contributed by atoms with E-state index in [1.807, 2.05) is 20.8 Å². The third-order valence-electron chi connectivity index (χ3n) is 1.87. The van der Waals surface area contributed by atoms with Gasteiger partial charge in [-0.2, -0.15) is 0 Å². The number of hydrogen-bond acceptors (Lipinski definition) is 4. The highest BCUT2D eigenvalue weighted by atomic mass is 32.2. The molecule has 0 aromatic heterocycles. The number of rotatable bonds is 6. The second kappa shape index (κ2) is 7.32. The normalized spacial score (nSPS) is 11.0. The lowest BCUT2D eigenvalue weighted by molar-refractivity contribution is -0.138. The van der Waals surface area contributed by atoms with E-state index < -0.39 is 11.4 Å². The smallest absolute Gasteiger partial charge is 0.303 e. The Morgan fingerprint density at radius 3 is 2.24 bits per heavy atom. The molecule has 0 aliphatic rings. The molecule has 0 rings (SSSR count). The summed E-state index contributed by atoms with van der Waals surface area (Å²) in [5.41, 5.74) is -0.433. The minimum atomic E-state index is -0.972. The van der Waals surface area contributed by atoms with E-state index in [9.17, 15) is 14.4 Å². The van der Waals surface area contributed by atoms with E-state index >= 15 is 0 Å². The van der Waals surface area contributed by atoms with Gasteiger partial charge in [-0.1, -0.05) is 32.5 Å². The van der Waals surface area contributed by atoms with Crippen LogP contribution in [0, 0.1) is 5.41 Å². The first-order chi connectivity index (χ1) is 7.73. The fraction of sp³-hybridized carbons (Fsp3) is 0.727. The fourth-order valence-electron chi connectivity index (χ4n) is 0.876. The number of hydrogen-bond donors (Lipinski definition) is 2. The van der Waals surface area contributed by atoms with Crippen molar-refractivity contribution in [2.24, 2.45) is 5.41 Å². The Morgan fingerprint density at radius 2 is 1.76 bits per heavy atom. The number of carbonyl (C=O) groups excluding carboxylic acids is 2. The molecule has 0 atom stereocenters. The number of thioether (sulfide) groups is 1. The van der Waals surface area contributed by atoms with Crippen molar-refractivity contribution in [3.63, 3.8) is 0 Å². The first-order valence-corrected chi connectivity index (χ1v) is 6.38. The Morgan fingerprint density at radius 1 is 1.18 bits per heavy atom. The van der Waals surface area contributed by atoms with Gasteiger partial charge in [0, 0.05) is 24.1 Å². The molecule has 0 fully saturated rings. The predicted octanol–water partition coefficient (Wildman–Crippen LogP) is 1.27. The highest BCUT2D eigenvalue weighted by Gasteiger charge is 2.20.